The second kappa shape index (κ2) is 7.11. The maximum absolute atomic E-state index is 11.7. The third-order valence-electron chi connectivity index (χ3n) is 3.62. The standard InChI is InChI=1S/C17H26N2O3/c1-17(2,3)22-16(21)18-10-14-9-15(20)12-19(14)11-13-7-5-4-6-8-13/h4-8,14-15,20H,9-12H2,1-3H3,(H,18,21). The van der Waals surface area contributed by atoms with Crippen molar-refractivity contribution >= 4 is 6.09 Å². The van der Waals surface area contributed by atoms with E-state index >= 15 is 0 Å². The molecule has 1 fully saturated rings. The van der Waals surface area contributed by atoms with Gasteiger partial charge in [-0.25, -0.2) is 4.79 Å². The molecule has 0 radical (unpaired) electrons. The normalized spacial score (nSPS) is 22.5. The third-order valence-corrected chi connectivity index (χ3v) is 3.62. The maximum atomic E-state index is 11.7. The lowest BCUT2D eigenvalue weighted by Crippen LogP contribution is -2.41. The van der Waals surface area contributed by atoms with Gasteiger partial charge in [0.2, 0.25) is 0 Å². The Kier molecular flexibility index (Phi) is 5.42. The molecular weight excluding hydrogens is 280 g/mol. The molecule has 0 aromatic heterocycles. The van der Waals surface area contributed by atoms with Crippen LogP contribution in [0.2, 0.25) is 0 Å². The van der Waals surface area contributed by atoms with Crippen molar-refractivity contribution < 1.29 is 14.6 Å². The molecule has 22 heavy (non-hydrogen) atoms. The molecule has 1 aliphatic heterocycles. The minimum atomic E-state index is -0.497. The van der Waals surface area contributed by atoms with Crippen LogP contribution >= 0.6 is 0 Å². The van der Waals surface area contributed by atoms with E-state index in [0.717, 1.165) is 6.54 Å². The average molecular weight is 306 g/mol. The van der Waals surface area contributed by atoms with Crippen molar-refractivity contribution in [2.24, 2.45) is 0 Å². The van der Waals surface area contributed by atoms with E-state index in [4.69, 9.17) is 4.74 Å². The number of likely N-dealkylation sites (tertiary alicyclic amines) is 1. The van der Waals surface area contributed by atoms with Crippen molar-refractivity contribution in [1.29, 1.82) is 0 Å². The summed E-state index contributed by atoms with van der Waals surface area (Å²) < 4.78 is 5.25. The van der Waals surface area contributed by atoms with Gasteiger partial charge in [-0.05, 0) is 32.8 Å². The molecule has 2 rings (SSSR count). The van der Waals surface area contributed by atoms with Gasteiger partial charge >= 0.3 is 6.09 Å². The van der Waals surface area contributed by atoms with Crippen LogP contribution in [-0.4, -0.2) is 46.9 Å². The molecule has 1 aromatic carbocycles. The number of alkyl carbamates (subject to hydrolysis) is 1. The van der Waals surface area contributed by atoms with Gasteiger partial charge < -0.3 is 15.2 Å². The fourth-order valence-electron chi connectivity index (χ4n) is 2.70. The predicted octanol–water partition coefficient (Wildman–Crippen LogP) is 2.15. The Hall–Kier alpha value is -1.59. The fraction of sp³-hybridized carbons (Fsp3) is 0.588. The van der Waals surface area contributed by atoms with Crippen LogP contribution in [0, 0.1) is 0 Å². The minimum Gasteiger partial charge on any atom is -0.444 e. The number of rotatable bonds is 4. The molecule has 5 heteroatoms. The lowest BCUT2D eigenvalue weighted by Gasteiger charge is -2.25. The lowest BCUT2D eigenvalue weighted by molar-refractivity contribution is 0.0512. The highest BCUT2D eigenvalue weighted by molar-refractivity contribution is 5.67. The van der Waals surface area contributed by atoms with Crippen molar-refractivity contribution in [3.63, 3.8) is 0 Å². The topological polar surface area (TPSA) is 61.8 Å². The molecule has 5 nitrogen and oxygen atoms in total. The van der Waals surface area contributed by atoms with Crippen molar-refractivity contribution in [1.82, 2.24) is 10.2 Å². The van der Waals surface area contributed by atoms with Gasteiger partial charge in [0, 0.05) is 25.7 Å². The third kappa shape index (κ3) is 5.31. The van der Waals surface area contributed by atoms with Gasteiger partial charge in [0.1, 0.15) is 5.60 Å². The van der Waals surface area contributed by atoms with Crippen LogP contribution < -0.4 is 5.32 Å². The molecule has 0 spiro atoms. The van der Waals surface area contributed by atoms with Crippen LogP contribution in [0.25, 0.3) is 0 Å². The van der Waals surface area contributed by atoms with Crippen molar-refractivity contribution in [3.05, 3.63) is 35.9 Å². The number of hydrogen-bond donors (Lipinski definition) is 2. The first-order valence-corrected chi connectivity index (χ1v) is 7.76. The first kappa shape index (κ1) is 16.8. The first-order valence-electron chi connectivity index (χ1n) is 7.76. The number of carbonyl (C=O) groups is 1. The molecule has 2 unspecified atom stereocenters. The van der Waals surface area contributed by atoms with Crippen molar-refractivity contribution in [3.8, 4) is 0 Å². The molecule has 1 aliphatic rings. The number of aliphatic hydroxyl groups is 1. The number of β-amino-alcohol motifs (C(OH)–C–C–N with tert-alkyl or cyclic N) is 1. The highest BCUT2D eigenvalue weighted by atomic mass is 16.6. The number of benzene rings is 1. The van der Waals surface area contributed by atoms with Gasteiger partial charge in [-0.1, -0.05) is 30.3 Å². The fourth-order valence-corrected chi connectivity index (χ4v) is 2.70. The van der Waals surface area contributed by atoms with E-state index in [1.807, 2.05) is 39.0 Å². The molecule has 0 bridgehead atoms. The Morgan fingerprint density at radius 1 is 1.36 bits per heavy atom. The number of amides is 1. The summed E-state index contributed by atoms with van der Waals surface area (Å²) >= 11 is 0. The van der Waals surface area contributed by atoms with Gasteiger partial charge in [0.25, 0.3) is 0 Å². The van der Waals surface area contributed by atoms with E-state index in [1.54, 1.807) is 0 Å². The van der Waals surface area contributed by atoms with Gasteiger partial charge in [-0.3, -0.25) is 4.90 Å². The minimum absolute atomic E-state index is 0.128. The molecule has 1 saturated heterocycles. The van der Waals surface area contributed by atoms with Gasteiger partial charge in [0.15, 0.2) is 0 Å². The highest BCUT2D eigenvalue weighted by Crippen LogP contribution is 2.20. The second-order valence-corrected chi connectivity index (χ2v) is 6.84. The summed E-state index contributed by atoms with van der Waals surface area (Å²) in [7, 11) is 0. The number of carbonyl (C=O) groups excluding carboxylic acids is 1. The molecule has 1 amide bonds. The SMILES string of the molecule is CC(C)(C)OC(=O)NCC1CC(O)CN1Cc1ccccc1. The molecule has 0 saturated carbocycles. The second-order valence-electron chi connectivity index (χ2n) is 6.84. The van der Waals surface area contributed by atoms with E-state index in [9.17, 15) is 9.90 Å². The maximum Gasteiger partial charge on any atom is 0.407 e. The van der Waals surface area contributed by atoms with E-state index < -0.39 is 11.7 Å². The van der Waals surface area contributed by atoms with Gasteiger partial charge in [-0.2, -0.15) is 0 Å². The number of hydrogen-bond acceptors (Lipinski definition) is 4. The number of aliphatic hydroxyl groups excluding tert-OH is 1. The van der Waals surface area contributed by atoms with Crippen LogP contribution in [-0.2, 0) is 11.3 Å². The largest absolute Gasteiger partial charge is 0.444 e. The number of nitrogens with zero attached hydrogens (tertiary/aromatic N) is 1. The molecule has 122 valence electrons. The van der Waals surface area contributed by atoms with E-state index in [2.05, 4.69) is 22.3 Å². The molecule has 1 heterocycles. The van der Waals surface area contributed by atoms with Crippen LogP contribution in [0.3, 0.4) is 0 Å². The van der Waals surface area contributed by atoms with Crippen LogP contribution in [0.1, 0.15) is 32.8 Å². The summed E-state index contributed by atoms with van der Waals surface area (Å²) in [6.45, 7) is 7.42. The Morgan fingerprint density at radius 3 is 2.68 bits per heavy atom. The van der Waals surface area contributed by atoms with E-state index in [-0.39, 0.29) is 12.1 Å². The zero-order valence-electron chi connectivity index (χ0n) is 13.6. The van der Waals surface area contributed by atoms with Crippen molar-refractivity contribution in [2.45, 2.75) is 51.5 Å². The Bertz CT molecular complexity index is 484. The Morgan fingerprint density at radius 2 is 2.05 bits per heavy atom. The molecular formula is C17H26N2O3. The summed E-state index contributed by atoms with van der Waals surface area (Å²) in [5.41, 5.74) is 0.710. The van der Waals surface area contributed by atoms with Crippen LogP contribution in [0.4, 0.5) is 4.79 Å². The van der Waals surface area contributed by atoms with E-state index in [0.29, 0.717) is 19.5 Å². The monoisotopic (exact) mass is 306 g/mol. The molecule has 2 atom stereocenters. The van der Waals surface area contributed by atoms with E-state index in [1.165, 1.54) is 5.56 Å². The van der Waals surface area contributed by atoms with Crippen molar-refractivity contribution in [2.75, 3.05) is 13.1 Å². The smallest absolute Gasteiger partial charge is 0.407 e. The van der Waals surface area contributed by atoms with Crippen LogP contribution in [0.5, 0.6) is 0 Å². The summed E-state index contributed by atoms with van der Waals surface area (Å²) in [5.74, 6) is 0. The summed E-state index contributed by atoms with van der Waals surface area (Å²) in [6.07, 6.45) is -0.0782. The van der Waals surface area contributed by atoms with Gasteiger partial charge in [-0.15, -0.1) is 0 Å². The quantitative estimate of drug-likeness (QED) is 0.895. The van der Waals surface area contributed by atoms with Crippen LogP contribution in [0.15, 0.2) is 30.3 Å². The summed E-state index contributed by atoms with van der Waals surface area (Å²) in [5, 5.41) is 12.7. The summed E-state index contributed by atoms with van der Waals surface area (Å²) in [6, 6.07) is 10.3. The zero-order chi connectivity index (χ0) is 16.2. The highest BCUT2D eigenvalue weighted by Gasteiger charge is 2.31. The molecule has 2 N–H and O–H groups in total. The Labute approximate surface area is 132 Å². The summed E-state index contributed by atoms with van der Waals surface area (Å²) in [4.78, 5) is 14.0. The predicted molar refractivity (Wildman–Crippen MR) is 85.5 cm³/mol. The first-order chi connectivity index (χ1) is 10.3. The average Bonchev–Trinajstić information content (AvgIpc) is 2.76. The molecule has 1 aromatic rings. The number of ether oxygens (including phenoxy) is 1. The Balaban J connectivity index is 1.87. The zero-order valence-corrected chi connectivity index (χ0v) is 13.6. The lowest BCUT2D eigenvalue weighted by atomic mass is 10.1. The molecule has 0 aliphatic carbocycles. The number of nitrogens with one attached hydrogen (secondary N) is 1. The van der Waals surface area contributed by atoms with Gasteiger partial charge in [0.05, 0.1) is 6.10 Å².